The number of hydrogen-bond donors (Lipinski definition) is 2. The van der Waals surface area contributed by atoms with Gasteiger partial charge in [-0.05, 0) is 18.1 Å². The van der Waals surface area contributed by atoms with Crippen LogP contribution in [0.1, 0.15) is 22.8 Å². The van der Waals surface area contributed by atoms with Crippen LogP contribution >= 0.6 is 11.3 Å². The van der Waals surface area contributed by atoms with Gasteiger partial charge in [0.05, 0.1) is 11.0 Å². The summed E-state index contributed by atoms with van der Waals surface area (Å²) in [7, 11) is 0. The summed E-state index contributed by atoms with van der Waals surface area (Å²) < 4.78 is 0. The Labute approximate surface area is 121 Å². The lowest BCUT2D eigenvalue weighted by Crippen LogP contribution is -2.20. The lowest BCUT2D eigenvalue weighted by Gasteiger charge is -2.12. The lowest BCUT2D eigenvalue weighted by molar-refractivity contribution is -0.380. The van der Waals surface area contributed by atoms with Crippen LogP contribution in [-0.4, -0.2) is 16.6 Å². The third-order valence-electron chi connectivity index (χ3n) is 2.95. The fourth-order valence-corrected chi connectivity index (χ4v) is 2.54. The Balaban J connectivity index is 1.82. The quantitative estimate of drug-likeness (QED) is 0.634. The molecule has 6 heteroatoms. The van der Waals surface area contributed by atoms with E-state index in [9.17, 15) is 15.2 Å². The van der Waals surface area contributed by atoms with Crippen LogP contribution in [0.25, 0.3) is 0 Å². The predicted molar refractivity (Wildman–Crippen MR) is 78.8 cm³/mol. The summed E-state index contributed by atoms with van der Waals surface area (Å²) in [6.07, 6.45) is -0.579. The molecule has 1 heterocycles. The number of aliphatic hydroxyl groups excluding tert-OH is 1. The van der Waals surface area contributed by atoms with Gasteiger partial charge in [-0.15, -0.1) is 0 Å². The minimum Gasteiger partial charge on any atom is -0.387 e. The average molecular weight is 292 g/mol. The second kappa shape index (κ2) is 6.60. The summed E-state index contributed by atoms with van der Waals surface area (Å²) in [4.78, 5) is 10.2. The van der Waals surface area contributed by atoms with E-state index in [4.69, 9.17) is 0 Å². The molecule has 0 bridgehead atoms. The van der Waals surface area contributed by atoms with Crippen LogP contribution in [0.4, 0.5) is 5.00 Å². The number of nitrogens with zero attached hydrogens (tertiary/aromatic N) is 1. The number of benzene rings is 1. The molecule has 0 radical (unpaired) electrons. The van der Waals surface area contributed by atoms with E-state index in [1.165, 1.54) is 0 Å². The molecule has 2 aromatic rings. The Morgan fingerprint density at radius 2 is 2.10 bits per heavy atom. The summed E-state index contributed by atoms with van der Waals surface area (Å²) in [5.74, 6) is 0. The molecule has 0 aliphatic rings. The zero-order chi connectivity index (χ0) is 14.5. The molecule has 0 fully saturated rings. The number of aliphatic hydroxyl groups is 1. The molecule has 106 valence electrons. The summed E-state index contributed by atoms with van der Waals surface area (Å²) in [5.41, 5.74) is 2.87. The van der Waals surface area contributed by atoms with E-state index in [0.717, 1.165) is 28.0 Å². The summed E-state index contributed by atoms with van der Waals surface area (Å²) in [6, 6.07) is 9.27. The molecule has 20 heavy (non-hydrogen) atoms. The summed E-state index contributed by atoms with van der Waals surface area (Å²) in [6.45, 7) is 2.91. The number of aryl methyl sites for hydroxylation is 1. The normalized spacial score (nSPS) is 12.3. The van der Waals surface area contributed by atoms with Gasteiger partial charge in [-0.25, -0.2) is 0 Å². The molecule has 0 saturated heterocycles. The SMILES string of the molecule is Cc1ccc(C(O)CNCc2csc([N+](=O)[O-])c2)cc1. The van der Waals surface area contributed by atoms with Crippen LogP contribution in [0.2, 0.25) is 0 Å². The van der Waals surface area contributed by atoms with Crippen molar-refractivity contribution in [3.63, 3.8) is 0 Å². The second-order valence-electron chi connectivity index (χ2n) is 4.61. The van der Waals surface area contributed by atoms with Gasteiger partial charge in [0, 0.05) is 24.5 Å². The number of hydrogen-bond acceptors (Lipinski definition) is 5. The Morgan fingerprint density at radius 1 is 1.40 bits per heavy atom. The molecular formula is C14H16N2O3S. The van der Waals surface area contributed by atoms with Gasteiger partial charge in [0.25, 0.3) is 0 Å². The number of thiophene rings is 1. The average Bonchev–Trinajstić information content (AvgIpc) is 2.88. The first-order valence-corrected chi connectivity index (χ1v) is 7.11. The zero-order valence-corrected chi connectivity index (χ0v) is 11.9. The molecule has 2 rings (SSSR count). The molecule has 0 saturated carbocycles. The third-order valence-corrected chi connectivity index (χ3v) is 3.88. The first-order valence-electron chi connectivity index (χ1n) is 6.23. The molecule has 1 unspecified atom stereocenters. The molecule has 0 aliphatic heterocycles. The van der Waals surface area contributed by atoms with E-state index in [1.54, 1.807) is 11.4 Å². The van der Waals surface area contributed by atoms with Crippen LogP contribution < -0.4 is 5.32 Å². The van der Waals surface area contributed by atoms with Gasteiger partial charge in [0.15, 0.2) is 0 Å². The number of nitrogens with one attached hydrogen (secondary N) is 1. The van der Waals surface area contributed by atoms with Gasteiger partial charge < -0.3 is 10.4 Å². The van der Waals surface area contributed by atoms with Crippen molar-refractivity contribution in [3.05, 3.63) is 62.5 Å². The highest BCUT2D eigenvalue weighted by molar-refractivity contribution is 7.13. The minimum absolute atomic E-state index is 0.140. The number of rotatable bonds is 6. The first kappa shape index (κ1) is 14.6. The molecule has 0 spiro atoms. The molecule has 1 atom stereocenters. The fraction of sp³-hybridized carbons (Fsp3) is 0.286. The van der Waals surface area contributed by atoms with Crippen molar-refractivity contribution < 1.29 is 10.0 Å². The van der Waals surface area contributed by atoms with Crippen molar-refractivity contribution >= 4 is 16.3 Å². The van der Waals surface area contributed by atoms with Crippen molar-refractivity contribution in [1.82, 2.24) is 5.32 Å². The van der Waals surface area contributed by atoms with Crippen LogP contribution in [0.5, 0.6) is 0 Å². The maximum absolute atomic E-state index is 10.6. The van der Waals surface area contributed by atoms with E-state index >= 15 is 0 Å². The van der Waals surface area contributed by atoms with Crippen molar-refractivity contribution in [2.24, 2.45) is 0 Å². The monoisotopic (exact) mass is 292 g/mol. The molecule has 5 nitrogen and oxygen atoms in total. The highest BCUT2D eigenvalue weighted by atomic mass is 32.1. The smallest absolute Gasteiger partial charge is 0.324 e. The standard InChI is InChI=1S/C14H16N2O3S/c1-10-2-4-12(5-3-10)13(17)8-15-7-11-6-14(16(18)19)20-9-11/h2-6,9,13,15,17H,7-8H2,1H3. The fourth-order valence-electron chi connectivity index (χ4n) is 1.81. The van der Waals surface area contributed by atoms with Gasteiger partial charge in [-0.2, -0.15) is 0 Å². The highest BCUT2D eigenvalue weighted by Gasteiger charge is 2.10. The maximum Gasteiger partial charge on any atom is 0.324 e. The lowest BCUT2D eigenvalue weighted by atomic mass is 10.1. The minimum atomic E-state index is -0.579. The number of nitro groups is 1. The molecule has 1 aromatic carbocycles. The van der Waals surface area contributed by atoms with E-state index in [2.05, 4.69) is 5.32 Å². The molecule has 2 N–H and O–H groups in total. The summed E-state index contributed by atoms with van der Waals surface area (Å²) in [5, 5.41) is 25.6. The van der Waals surface area contributed by atoms with Crippen molar-refractivity contribution in [2.75, 3.05) is 6.54 Å². The Bertz CT molecular complexity index is 580. The van der Waals surface area contributed by atoms with E-state index in [1.807, 2.05) is 31.2 Å². The first-order chi connectivity index (χ1) is 9.56. The van der Waals surface area contributed by atoms with Crippen LogP contribution in [0.15, 0.2) is 35.7 Å². The van der Waals surface area contributed by atoms with E-state index in [-0.39, 0.29) is 5.00 Å². The largest absolute Gasteiger partial charge is 0.387 e. The van der Waals surface area contributed by atoms with Gasteiger partial charge in [-0.1, -0.05) is 41.2 Å². The molecular weight excluding hydrogens is 276 g/mol. The predicted octanol–water partition coefficient (Wildman–Crippen LogP) is 2.79. The van der Waals surface area contributed by atoms with E-state index in [0.29, 0.717) is 13.1 Å². The Morgan fingerprint density at radius 3 is 2.70 bits per heavy atom. The van der Waals surface area contributed by atoms with Crippen molar-refractivity contribution in [2.45, 2.75) is 19.6 Å². The summed E-state index contributed by atoms with van der Waals surface area (Å²) >= 11 is 1.11. The van der Waals surface area contributed by atoms with Crippen molar-refractivity contribution in [3.8, 4) is 0 Å². The topological polar surface area (TPSA) is 75.4 Å². The second-order valence-corrected chi connectivity index (χ2v) is 5.50. The van der Waals surface area contributed by atoms with E-state index < -0.39 is 11.0 Å². The Hall–Kier alpha value is -1.76. The van der Waals surface area contributed by atoms with Gasteiger partial charge in [0.1, 0.15) is 0 Å². The van der Waals surface area contributed by atoms with Crippen molar-refractivity contribution in [1.29, 1.82) is 0 Å². The van der Waals surface area contributed by atoms with Crippen LogP contribution in [0, 0.1) is 17.0 Å². The zero-order valence-electron chi connectivity index (χ0n) is 11.1. The van der Waals surface area contributed by atoms with Crippen LogP contribution in [-0.2, 0) is 6.54 Å². The third kappa shape index (κ3) is 3.86. The van der Waals surface area contributed by atoms with Crippen LogP contribution in [0.3, 0.4) is 0 Å². The maximum atomic E-state index is 10.6. The molecule has 1 aromatic heterocycles. The van der Waals surface area contributed by atoms with Gasteiger partial charge in [0.2, 0.25) is 0 Å². The highest BCUT2D eigenvalue weighted by Crippen LogP contribution is 2.22. The Kier molecular flexibility index (Phi) is 4.84. The molecule has 0 amide bonds. The van der Waals surface area contributed by atoms with Gasteiger partial charge >= 0.3 is 5.00 Å². The molecule has 0 aliphatic carbocycles. The van der Waals surface area contributed by atoms with Gasteiger partial charge in [-0.3, -0.25) is 10.1 Å².